The zero-order chi connectivity index (χ0) is 14.2. The largest absolute Gasteiger partial charge is 0.481 e. The van der Waals surface area contributed by atoms with Gasteiger partial charge < -0.3 is 10.4 Å². The number of nitrogens with one attached hydrogen (secondary N) is 1. The van der Waals surface area contributed by atoms with Gasteiger partial charge >= 0.3 is 5.97 Å². The lowest BCUT2D eigenvalue weighted by molar-refractivity contribution is -0.384. The summed E-state index contributed by atoms with van der Waals surface area (Å²) in [6.45, 7) is 1.71. The molecule has 1 saturated carbocycles. The van der Waals surface area contributed by atoms with Crippen molar-refractivity contribution in [3.8, 4) is 0 Å². The van der Waals surface area contributed by atoms with E-state index in [9.17, 15) is 19.7 Å². The molecule has 19 heavy (non-hydrogen) atoms. The summed E-state index contributed by atoms with van der Waals surface area (Å²) in [4.78, 5) is 32.6. The second-order valence-electron chi connectivity index (χ2n) is 4.53. The SMILES string of the molecule is Cc1ccc([N+](=O)[O-])cc1NC(=O)C1CC1C(=O)O. The van der Waals surface area contributed by atoms with Gasteiger partial charge in [-0.3, -0.25) is 19.7 Å². The maximum atomic E-state index is 11.8. The number of anilines is 1. The lowest BCUT2D eigenvalue weighted by atomic mass is 10.1. The first-order valence-corrected chi connectivity index (χ1v) is 5.69. The monoisotopic (exact) mass is 264 g/mol. The number of rotatable bonds is 4. The summed E-state index contributed by atoms with van der Waals surface area (Å²) in [5, 5.41) is 21.9. The summed E-state index contributed by atoms with van der Waals surface area (Å²) in [6, 6.07) is 4.16. The highest BCUT2D eigenvalue weighted by molar-refractivity contribution is 5.98. The van der Waals surface area contributed by atoms with Gasteiger partial charge in [0.25, 0.3) is 5.69 Å². The molecule has 0 bridgehead atoms. The maximum absolute atomic E-state index is 11.8. The van der Waals surface area contributed by atoms with Gasteiger partial charge in [0, 0.05) is 12.1 Å². The third kappa shape index (κ3) is 2.70. The van der Waals surface area contributed by atoms with E-state index in [0.29, 0.717) is 17.7 Å². The molecule has 0 aliphatic heterocycles. The van der Waals surface area contributed by atoms with Gasteiger partial charge in [0.1, 0.15) is 0 Å². The topological polar surface area (TPSA) is 110 Å². The van der Waals surface area contributed by atoms with Crippen LogP contribution in [-0.2, 0) is 9.59 Å². The van der Waals surface area contributed by atoms with Gasteiger partial charge in [0.2, 0.25) is 5.91 Å². The highest BCUT2D eigenvalue weighted by atomic mass is 16.6. The molecule has 100 valence electrons. The summed E-state index contributed by atoms with van der Waals surface area (Å²) >= 11 is 0. The Morgan fingerprint density at radius 2 is 2.11 bits per heavy atom. The van der Waals surface area contributed by atoms with Gasteiger partial charge in [0.05, 0.1) is 22.4 Å². The lowest BCUT2D eigenvalue weighted by Crippen LogP contribution is -2.17. The number of carbonyl (C=O) groups is 2. The van der Waals surface area contributed by atoms with E-state index in [4.69, 9.17) is 5.11 Å². The number of carboxylic acid groups (broad SMARTS) is 1. The van der Waals surface area contributed by atoms with Crippen molar-refractivity contribution in [2.24, 2.45) is 11.8 Å². The van der Waals surface area contributed by atoms with E-state index in [0.717, 1.165) is 0 Å². The molecule has 1 aromatic carbocycles. The van der Waals surface area contributed by atoms with E-state index >= 15 is 0 Å². The molecule has 2 rings (SSSR count). The summed E-state index contributed by atoms with van der Waals surface area (Å²) in [5.74, 6) is -2.58. The molecule has 7 nitrogen and oxygen atoms in total. The van der Waals surface area contributed by atoms with Crippen molar-refractivity contribution in [1.29, 1.82) is 0 Å². The number of nitro benzene ring substituents is 1. The minimum absolute atomic E-state index is 0.119. The van der Waals surface area contributed by atoms with Crippen LogP contribution < -0.4 is 5.32 Å². The Labute approximate surface area is 108 Å². The van der Waals surface area contributed by atoms with Crippen LogP contribution in [0.5, 0.6) is 0 Å². The van der Waals surface area contributed by atoms with Crippen LogP contribution in [0.3, 0.4) is 0 Å². The average Bonchev–Trinajstić information content (AvgIpc) is 3.11. The van der Waals surface area contributed by atoms with Gasteiger partial charge in [-0.25, -0.2) is 0 Å². The van der Waals surface area contributed by atoms with Crippen LogP contribution in [-0.4, -0.2) is 21.9 Å². The third-order valence-electron chi connectivity index (χ3n) is 3.13. The van der Waals surface area contributed by atoms with Crippen LogP contribution in [0.1, 0.15) is 12.0 Å². The summed E-state index contributed by atoms with van der Waals surface area (Å²) < 4.78 is 0. The number of hydrogen-bond acceptors (Lipinski definition) is 4. The molecular weight excluding hydrogens is 252 g/mol. The molecule has 0 spiro atoms. The lowest BCUT2D eigenvalue weighted by Gasteiger charge is -2.07. The maximum Gasteiger partial charge on any atom is 0.307 e. The highest BCUT2D eigenvalue weighted by Crippen LogP contribution is 2.39. The van der Waals surface area contributed by atoms with Crippen molar-refractivity contribution < 1.29 is 19.6 Å². The van der Waals surface area contributed by atoms with E-state index in [1.807, 2.05) is 0 Å². The van der Waals surface area contributed by atoms with Gasteiger partial charge in [-0.15, -0.1) is 0 Å². The predicted molar refractivity (Wildman–Crippen MR) is 65.7 cm³/mol. The van der Waals surface area contributed by atoms with Crippen LogP contribution >= 0.6 is 0 Å². The molecule has 7 heteroatoms. The smallest absolute Gasteiger partial charge is 0.307 e. The molecule has 1 fully saturated rings. The number of amides is 1. The number of carboxylic acids is 1. The van der Waals surface area contributed by atoms with Crippen LogP contribution in [0.4, 0.5) is 11.4 Å². The number of nitro groups is 1. The van der Waals surface area contributed by atoms with Crippen LogP contribution in [0.25, 0.3) is 0 Å². The first-order valence-electron chi connectivity index (χ1n) is 5.69. The molecule has 0 heterocycles. The van der Waals surface area contributed by atoms with Crippen molar-refractivity contribution in [1.82, 2.24) is 0 Å². The average molecular weight is 264 g/mol. The fraction of sp³-hybridized carbons (Fsp3) is 0.333. The molecule has 2 N–H and O–H groups in total. The minimum atomic E-state index is -0.990. The summed E-state index contributed by atoms with van der Waals surface area (Å²) in [5.41, 5.74) is 0.910. The number of aliphatic carboxylic acids is 1. The molecule has 1 aromatic rings. The van der Waals surface area contributed by atoms with E-state index in [1.54, 1.807) is 6.92 Å². The van der Waals surface area contributed by atoms with Gasteiger partial charge in [-0.1, -0.05) is 6.07 Å². The number of aryl methyl sites for hydroxylation is 1. The normalized spacial score (nSPS) is 20.7. The van der Waals surface area contributed by atoms with E-state index in [-0.39, 0.29) is 5.69 Å². The summed E-state index contributed by atoms with van der Waals surface area (Å²) in [6.07, 6.45) is 0.315. The van der Waals surface area contributed by atoms with Crippen LogP contribution in [0.2, 0.25) is 0 Å². The summed E-state index contributed by atoms with van der Waals surface area (Å²) in [7, 11) is 0. The molecule has 0 radical (unpaired) electrons. The standard InChI is InChI=1S/C12H12N2O5/c1-6-2-3-7(14(18)19)4-10(6)13-11(15)8-5-9(8)12(16)17/h2-4,8-9H,5H2,1H3,(H,13,15)(H,16,17). The van der Waals surface area contributed by atoms with Crippen LogP contribution in [0.15, 0.2) is 18.2 Å². The zero-order valence-electron chi connectivity index (χ0n) is 10.1. The predicted octanol–water partition coefficient (Wildman–Crippen LogP) is 1.56. The fourth-order valence-corrected chi connectivity index (χ4v) is 1.84. The molecule has 0 saturated heterocycles. The van der Waals surface area contributed by atoms with E-state index in [1.165, 1.54) is 18.2 Å². The number of non-ortho nitro benzene ring substituents is 1. The van der Waals surface area contributed by atoms with Crippen molar-refractivity contribution in [3.63, 3.8) is 0 Å². The zero-order valence-corrected chi connectivity index (χ0v) is 10.1. The first-order chi connectivity index (χ1) is 8.90. The molecule has 0 aromatic heterocycles. The van der Waals surface area contributed by atoms with Crippen LogP contribution in [0, 0.1) is 28.9 Å². The minimum Gasteiger partial charge on any atom is -0.481 e. The van der Waals surface area contributed by atoms with Gasteiger partial charge in [-0.2, -0.15) is 0 Å². The first kappa shape index (κ1) is 13.0. The Hall–Kier alpha value is -2.44. The van der Waals surface area contributed by atoms with Gasteiger partial charge in [0.15, 0.2) is 0 Å². The number of carbonyl (C=O) groups excluding carboxylic acids is 1. The number of nitrogens with zero attached hydrogens (tertiary/aromatic N) is 1. The van der Waals surface area contributed by atoms with Crippen molar-refractivity contribution >= 4 is 23.3 Å². The number of hydrogen-bond donors (Lipinski definition) is 2. The quantitative estimate of drug-likeness (QED) is 0.633. The molecule has 1 amide bonds. The van der Waals surface area contributed by atoms with E-state index < -0.39 is 28.6 Å². The van der Waals surface area contributed by atoms with Gasteiger partial charge in [-0.05, 0) is 18.9 Å². The Bertz CT molecular complexity index is 569. The molecule has 2 atom stereocenters. The third-order valence-corrected chi connectivity index (χ3v) is 3.13. The second-order valence-corrected chi connectivity index (χ2v) is 4.53. The Balaban J connectivity index is 2.11. The van der Waals surface area contributed by atoms with E-state index in [2.05, 4.69) is 5.32 Å². The Kier molecular flexibility index (Phi) is 3.20. The fourth-order valence-electron chi connectivity index (χ4n) is 1.84. The molecule has 1 aliphatic rings. The molecule has 1 aliphatic carbocycles. The second kappa shape index (κ2) is 4.68. The Morgan fingerprint density at radius 3 is 2.63 bits per heavy atom. The van der Waals surface area contributed by atoms with Crippen molar-refractivity contribution in [3.05, 3.63) is 33.9 Å². The Morgan fingerprint density at radius 1 is 1.42 bits per heavy atom. The molecule has 2 unspecified atom stereocenters. The van der Waals surface area contributed by atoms with Crippen molar-refractivity contribution in [2.75, 3.05) is 5.32 Å². The number of benzene rings is 1. The highest BCUT2D eigenvalue weighted by Gasteiger charge is 2.48. The molecular formula is C12H12N2O5. The van der Waals surface area contributed by atoms with Crippen molar-refractivity contribution in [2.45, 2.75) is 13.3 Å².